The molecule has 0 aromatic heterocycles. The van der Waals surface area contributed by atoms with E-state index in [1.54, 1.807) is 0 Å². The molecule has 5 nitrogen and oxygen atoms in total. The van der Waals surface area contributed by atoms with Crippen LogP contribution in [-0.2, 0) is 69.8 Å². The quantitative estimate of drug-likeness (QED) is 0.279. The van der Waals surface area contributed by atoms with Gasteiger partial charge in [-0.1, -0.05) is 76.5 Å². The number of benzene rings is 2. The number of hydrogen-bond donors (Lipinski definition) is 0. The minimum atomic E-state index is -1.84. The molecule has 1 atom stereocenters. The molecule has 4 aliphatic heterocycles. The van der Waals surface area contributed by atoms with Crippen molar-refractivity contribution >= 4 is 25.0 Å². The summed E-state index contributed by atoms with van der Waals surface area (Å²) in [4.78, 5) is 0. The summed E-state index contributed by atoms with van der Waals surface area (Å²) in [5, 5.41) is 1.27. The predicted octanol–water partition coefficient (Wildman–Crippen LogP) is 6.06. The molecule has 3 fully saturated rings. The van der Waals surface area contributed by atoms with Crippen LogP contribution in [0.5, 0.6) is 5.75 Å². The topological polar surface area (TPSA) is 46.2 Å². The monoisotopic (exact) mass is 724 g/mol. The maximum Gasteiger partial charge on any atom is 0 e. The van der Waals surface area contributed by atoms with E-state index >= 15 is 0 Å². The van der Waals surface area contributed by atoms with E-state index < -0.39 is 13.3 Å². The van der Waals surface area contributed by atoms with Gasteiger partial charge < -0.3 is 4.52 Å². The Kier molecular flexibility index (Phi) is 14.2. The van der Waals surface area contributed by atoms with Gasteiger partial charge in [-0.3, -0.25) is 0 Å². The fourth-order valence-corrected chi connectivity index (χ4v) is 7.73. The number of hydrogen-bond acceptors (Lipinski definition) is 5. The molecule has 0 amide bonds. The molecule has 0 aliphatic carbocycles. The van der Waals surface area contributed by atoms with Crippen LogP contribution in [0.1, 0.15) is 27.7 Å². The zero-order valence-corrected chi connectivity index (χ0v) is 27.0. The third kappa shape index (κ3) is 7.55. The van der Waals surface area contributed by atoms with Gasteiger partial charge in [0.25, 0.3) is 0 Å². The van der Waals surface area contributed by atoms with Gasteiger partial charge in [0, 0.05) is 43.6 Å². The normalized spacial score (nSPS) is 26.0. The van der Waals surface area contributed by atoms with E-state index in [-0.39, 0.29) is 38.1 Å². The molecular formula is C23H33O5P2WY-. The molecule has 2 aromatic carbocycles. The van der Waals surface area contributed by atoms with Crippen LogP contribution in [0.4, 0.5) is 0 Å². The molecule has 9 heteroatoms. The van der Waals surface area contributed by atoms with Crippen molar-refractivity contribution in [3.63, 3.8) is 0 Å². The molecule has 3 saturated heterocycles. The van der Waals surface area contributed by atoms with Crippen molar-refractivity contribution < 1.29 is 74.3 Å². The van der Waals surface area contributed by atoms with Crippen LogP contribution in [-0.4, -0.2) is 32.7 Å². The molecule has 175 valence electrons. The second kappa shape index (κ2) is 14.9. The van der Waals surface area contributed by atoms with Gasteiger partial charge >= 0.3 is 81.6 Å². The molecule has 2 bridgehead atoms. The van der Waals surface area contributed by atoms with Gasteiger partial charge in [0.1, 0.15) is 5.75 Å². The average molecular weight is 724 g/mol. The minimum absolute atomic E-state index is 0. The summed E-state index contributed by atoms with van der Waals surface area (Å²) in [6, 6.07) is 16.5. The third-order valence-corrected chi connectivity index (χ3v) is 10.9. The Balaban J connectivity index is 0.000000275. The number of ether oxygens (including phenoxy) is 1. The summed E-state index contributed by atoms with van der Waals surface area (Å²) in [5.74, 6) is 0.972. The van der Waals surface area contributed by atoms with Crippen LogP contribution < -0.4 is 9.83 Å². The van der Waals surface area contributed by atoms with E-state index in [1.165, 1.54) is 35.2 Å². The molecule has 4 heterocycles. The van der Waals surface area contributed by atoms with Gasteiger partial charge in [-0.15, -0.1) is 0 Å². The van der Waals surface area contributed by atoms with Crippen molar-refractivity contribution in [3.05, 3.63) is 55.6 Å². The van der Waals surface area contributed by atoms with Crippen LogP contribution in [0.3, 0.4) is 0 Å². The van der Waals surface area contributed by atoms with Gasteiger partial charge in [-0.25, -0.2) is 0 Å². The largest absolute Gasteiger partial charge is 0 e. The Hall–Kier alpha value is 0.602. The molecule has 32 heavy (non-hydrogen) atoms. The first-order valence-electron chi connectivity index (χ1n) is 10.5. The molecule has 0 spiro atoms. The van der Waals surface area contributed by atoms with E-state index in [0.717, 1.165) is 5.75 Å². The molecular weight excluding hydrogens is 691 g/mol. The number of fused-ring (bicyclic) bond motifs is 6. The van der Waals surface area contributed by atoms with Gasteiger partial charge in [0.05, 0.1) is 7.77 Å². The van der Waals surface area contributed by atoms with E-state index in [2.05, 4.69) is 37.7 Å². The second-order valence-corrected chi connectivity index (χ2v) is 14.8. The zero-order valence-electron chi connectivity index (χ0n) is 19.3. The summed E-state index contributed by atoms with van der Waals surface area (Å²) in [6.45, 7) is 10.6. The molecule has 0 N–H and O–H groups in total. The Morgan fingerprint density at radius 1 is 0.969 bits per heavy atom. The Bertz CT molecular complexity index is 893. The first kappa shape index (κ1) is 30.6. The van der Waals surface area contributed by atoms with Crippen LogP contribution in [0.25, 0.3) is 11.1 Å². The zero-order chi connectivity index (χ0) is 22.9. The third-order valence-electron chi connectivity index (χ3n) is 4.63. The van der Waals surface area contributed by atoms with E-state index in [1.807, 2.05) is 52.0 Å². The fraction of sp³-hybridized carbons (Fsp3) is 0.391. The van der Waals surface area contributed by atoms with E-state index in [9.17, 15) is 0 Å². The first-order valence-corrected chi connectivity index (χ1v) is 17.5. The minimum Gasteiger partial charge on any atom is 0 e. The number of rotatable bonds is 2. The first-order chi connectivity index (χ1) is 15.0. The number of para-hydroxylation sites is 1. The molecule has 4 aliphatic rings. The van der Waals surface area contributed by atoms with E-state index in [0.29, 0.717) is 26.4 Å². The molecule has 2 aromatic rings. The summed E-state index contributed by atoms with van der Waals surface area (Å²) in [5.41, 5.74) is 0.531. The molecule has 6 rings (SSSR count). The Labute approximate surface area is 229 Å². The molecule has 1 radical (unpaired) electrons. The van der Waals surface area contributed by atoms with Gasteiger partial charge in [0.2, 0.25) is 0 Å². The standard InChI is InChI=1S/C13H11OP.C6H10O4P.2C2H6.W.Y/c1-15-13-9-5-3-7-11(13)10-6-2-4-8-12(10)14-15;1-7-2-6-3-8-11(9-4-6)10-5-6;2*1-2;;/h2-9,15H,1H2;1-5H2;2*1-2H3;;/q;-1;;;;. The smallest absolute Gasteiger partial charge is 0 e. The van der Waals surface area contributed by atoms with Crippen LogP contribution in [0.2, 0.25) is 0 Å². The van der Waals surface area contributed by atoms with Gasteiger partial charge in [-0.05, 0) is 11.6 Å². The summed E-state index contributed by atoms with van der Waals surface area (Å²) >= 11 is 1.27. The van der Waals surface area contributed by atoms with Crippen molar-refractivity contribution in [2.24, 2.45) is 5.41 Å². The van der Waals surface area contributed by atoms with Crippen molar-refractivity contribution in [2.45, 2.75) is 27.7 Å². The molecule has 1 unspecified atom stereocenters. The van der Waals surface area contributed by atoms with Crippen molar-refractivity contribution in [1.29, 1.82) is 0 Å². The Morgan fingerprint density at radius 2 is 1.47 bits per heavy atom. The van der Waals surface area contributed by atoms with Gasteiger partial charge in [-0.2, -0.15) is 0 Å². The summed E-state index contributed by atoms with van der Waals surface area (Å²) in [7, 11) is 2.24. The maximum atomic E-state index is 5.85. The van der Waals surface area contributed by atoms with Crippen LogP contribution in [0.15, 0.2) is 48.5 Å². The Morgan fingerprint density at radius 3 is 2.03 bits per heavy atom. The van der Waals surface area contributed by atoms with E-state index in [4.69, 9.17) is 22.8 Å². The van der Waals surface area contributed by atoms with Crippen molar-refractivity contribution in [3.8, 4) is 16.9 Å². The van der Waals surface area contributed by atoms with Crippen molar-refractivity contribution in [2.75, 3.05) is 26.4 Å². The SMILES string of the molecule is C=[PH]1Oc2ccccc2-c2ccccc21.CC.CC.[CH2-]OCC12CO[P](=[W])(OC1)OC2.[Y]. The summed E-state index contributed by atoms with van der Waals surface area (Å²) in [6.07, 6.45) is 4.12. The molecule has 0 saturated carbocycles. The average Bonchev–Trinajstić information content (AvgIpc) is 2.84. The fourth-order valence-electron chi connectivity index (χ4n) is 3.15. The second-order valence-electron chi connectivity index (χ2n) is 6.68. The predicted molar refractivity (Wildman–Crippen MR) is 129 cm³/mol. The van der Waals surface area contributed by atoms with Crippen LogP contribution >= 0.6 is 13.3 Å². The van der Waals surface area contributed by atoms with Crippen LogP contribution in [0, 0.1) is 12.5 Å². The van der Waals surface area contributed by atoms with Crippen molar-refractivity contribution in [1.82, 2.24) is 0 Å². The van der Waals surface area contributed by atoms with Gasteiger partial charge in [0.15, 0.2) is 0 Å². The maximum absolute atomic E-state index is 5.85. The summed E-state index contributed by atoms with van der Waals surface area (Å²) < 4.78 is 27.3.